The summed E-state index contributed by atoms with van der Waals surface area (Å²) in [5.41, 5.74) is 3.77. The molecule has 0 bridgehead atoms. The quantitative estimate of drug-likeness (QED) is 0.688. The van der Waals surface area contributed by atoms with E-state index in [1.807, 2.05) is 24.3 Å². The number of aryl methyl sites for hydroxylation is 2. The Morgan fingerprint density at radius 3 is 2.52 bits per heavy atom. The third kappa shape index (κ3) is 3.50. The monoisotopic (exact) mass is 400 g/mol. The number of hydrogen-bond acceptors (Lipinski definition) is 3. The Labute approximate surface area is 162 Å². The molecule has 0 heterocycles. The van der Waals surface area contributed by atoms with Gasteiger partial charge in [-0.05, 0) is 53.6 Å². The van der Waals surface area contributed by atoms with E-state index in [4.69, 9.17) is 11.6 Å². The molecule has 0 atom stereocenters. The molecular formula is C20H17ClN2O3S. The van der Waals surface area contributed by atoms with Gasteiger partial charge in [0.15, 0.2) is 0 Å². The van der Waals surface area contributed by atoms with E-state index in [1.165, 1.54) is 34.7 Å². The summed E-state index contributed by atoms with van der Waals surface area (Å²) in [4.78, 5) is 12.8. The van der Waals surface area contributed by atoms with E-state index in [0.717, 1.165) is 24.5 Å². The fourth-order valence-corrected chi connectivity index (χ4v) is 4.28. The van der Waals surface area contributed by atoms with Gasteiger partial charge in [0.1, 0.15) is 0 Å². The topological polar surface area (TPSA) is 75.3 Å². The summed E-state index contributed by atoms with van der Waals surface area (Å²) in [7, 11) is -3.45. The second-order valence-electron chi connectivity index (χ2n) is 6.63. The molecule has 0 saturated carbocycles. The Morgan fingerprint density at radius 2 is 1.78 bits per heavy atom. The smallest absolute Gasteiger partial charge is 0.257 e. The molecule has 0 aromatic heterocycles. The maximum atomic E-state index is 12.8. The van der Waals surface area contributed by atoms with E-state index >= 15 is 0 Å². The predicted molar refractivity (Wildman–Crippen MR) is 109 cm³/mol. The first-order chi connectivity index (χ1) is 12.8. The average molecular weight is 401 g/mol. The Kier molecular flexibility index (Phi) is 4.32. The molecular weight excluding hydrogens is 384 g/mol. The van der Waals surface area contributed by atoms with E-state index in [9.17, 15) is 13.2 Å². The molecule has 0 saturated heterocycles. The third-order valence-electron chi connectivity index (χ3n) is 4.64. The van der Waals surface area contributed by atoms with Crippen molar-refractivity contribution in [3.63, 3.8) is 0 Å². The molecule has 27 heavy (non-hydrogen) atoms. The summed E-state index contributed by atoms with van der Waals surface area (Å²) in [5, 5.41) is 5.36. The first kappa shape index (κ1) is 17.8. The molecule has 7 heteroatoms. The van der Waals surface area contributed by atoms with Gasteiger partial charge in [-0.25, -0.2) is 8.42 Å². The van der Waals surface area contributed by atoms with Crippen LogP contribution in [0.5, 0.6) is 0 Å². The van der Waals surface area contributed by atoms with Crippen molar-refractivity contribution in [1.82, 2.24) is 0 Å². The van der Waals surface area contributed by atoms with Gasteiger partial charge in [0.25, 0.3) is 5.91 Å². The Morgan fingerprint density at radius 1 is 1.04 bits per heavy atom. The van der Waals surface area contributed by atoms with Gasteiger partial charge in [-0.1, -0.05) is 35.9 Å². The Balaban J connectivity index is 1.70. The van der Waals surface area contributed by atoms with Crippen LogP contribution < -0.4 is 10.0 Å². The zero-order valence-corrected chi connectivity index (χ0v) is 16.1. The van der Waals surface area contributed by atoms with Crippen molar-refractivity contribution in [3.05, 3.63) is 70.2 Å². The third-order valence-corrected chi connectivity index (χ3v) is 5.58. The van der Waals surface area contributed by atoms with Gasteiger partial charge >= 0.3 is 0 Å². The lowest BCUT2D eigenvalue weighted by molar-refractivity contribution is 0.102. The van der Waals surface area contributed by atoms with Gasteiger partial charge in [0.2, 0.25) is 10.0 Å². The summed E-state index contributed by atoms with van der Waals surface area (Å²) in [5.74, 6) is -0.393. The maximum absolute atomic E-state index is 12.8. The van der Waals surface area contributed by atoms with Crippen molar-refractivity contribution >= 4 is 49.7 Å². The summed E-state index contributed by atoms with van der Waals surface area (Å²) in [6.07, 6.45) is 3.07. The molecule has 0 fully saturated rings. The number of nitrogens with one attached hydrogen (secondary N) is 2. The first-order valence-corrected chi connectivity index (χ1v) is 10.7. The van der Waals surface area contributed by atoms with Crippen LogP contribution in [0.25, 0.3) is 10.8 Å². The van der Waals surface area contributed by atoms with Crippen molar-refractivity contribution < 1.29 is 13.2 Å². The Hall–Kier alpha value is -2.57. The van der Waals surface area contributed by atoms with Crippen LogP contribution in [-0.2, 0) is 22.9 Å². The van der Waals surface area contributed by atoms with Crippen LogP contribution in [0.2, 0.25) is 5.02 Å². The molecule has 5 nitrogen and oxygen atoms in total. The van der Waals surface area contributed by atoms with E-state index in [1.54, 1.807) is 0 Å². The molecule has 3 aromatic rings. The molecule has 0 spiro atoms. The summed E-state index contributed by atoms with van der Waals surface area (Å²) >= 11 is 6.17. The zero-order chi connectivity index (χ0) is 19.2. The second-order valence-corrected chi connectivity index (χ2v) is 8.79. The molecule has 0 radical (unpaired) electrons. The number of halogens is 1. The van der Waals surface area contributed by atoms with Crippen LogP contribution in [-0.4, -0.2) is 20.6 Å². The zero-order valence-electron chi connectivity index (χ0n) is 14.5. The van der Waals surface area contributed by atoms with Gasteiger partial charge in [0.05, 0.1) is 16.8 Å². The summed E-state index contributed by atoms with van der Waals surface area (Å²) < 4.78 is 25.2. The number of carbonyl (C=O) groups is 1. The lowest BCUT2D eigenvalue weighted by atomic mass is 10.0. The number of sulfonamides is 1. The number of rotatable bonds is 4. The highest BCUT2D eigenvalue weighted by molar-refractivity contribution is 7.92. The molecule has 0 aliphatic heterocycles. The van der Waals surface area contributed by atoms with Crippen molar-refractivity contribution in [2.24, 2.45) is 0 Å². The number of carbonyl (C=O) groups excluding carboxylic acids is 1. The van der Waals surface area contributed by atoms with Crippen LogP contribution in [0.4, 0.5) is 11.4 Å². The van der Waals surface area contributed by atoms with Gasteiger partial charge in [-0.2, -0.15) is 0 Å². The van der Waals surface area contributed by atoms with Gasteiger partial charge in [-0.3, -0.25) is 9.52 Å². The number of anilines is 2. The van der Waals surface area contributed by atoms with Crippen LogP contribution in [0.1, 0.15) is 21.5 Å². The van der Waals surface area contributed by atoms with Gasteiger partial charge in [-0.15, -0.1) is 0 Å². The number of hydrogen-bond donors (Lipinski definition) is 2. The maximum Gasteiger partial charge on any atom is 0.257 e. The lowest BCUT2D eigenvalue weighted by Gasteiger charge is -2.12. The average Bonchev–Trinajstić information content (AvgIpc) is 3.02. The van der Waals surface area contributed by atoms with Gasteiger partial charge in [0, 0.05) is 16.8 Å². The number of amides is 1. The SMILES string of the molecule is CS(=O)(=O)Nc1ccc(Cl)c(C(=O)Nc2ccc3c4c(cccc24)CC3)c1. The highest BCUT2D eigenvalue weighted by Crippen LogP contribution is 2.35. The van der Waals surface area contributed by atoms with Crippen molar-refractivity contribution in [2.75, 3.05) is 16.3 Å². The fraction of sp³-hybridized carbons (Fsp3) is 0.150. The highest BCUT2D eigenvalue weighted by Gasteiger charge is 2.18. The van der Waals surface area contributed by atoms with E-state index in [-0.39, 0.29) is 16.3 Å². The van der Waals surface area contributed by atoms with E-state index in [0.29, 0.717) is 5.69 Å². The van der Waals surface area contributed by atoms with E-state index < -0.39 is 15.9 Å². The summed E-state index contributed by atoms with van der Waals surface area (Å²) in [6.45, 7) is 0. The van der Waals surface area contributed by atoms with E-state index in [2.05, 4.69) is 16.1 Å². The second kappa shape index (κ2) is 6.55. The first-order valence-electron chi connectivity index (χ1n) is 8.44. The van der Waals surface area contributed by atoms with Crippen LogP contribution in [0.3, 0.4) is 0 Å². The molecule has 4 rings (SSSR count). The fourth-order valence-electron chi connectivity index (χ4n) is 3.52. The molecule has 1 aliphatic carbocycles. The number of benzene rings is 3. The molecule has 1 aliphatic rings. The van der Waals surface area contributed by atoms with Crippen LogP contribution in [0.15, 0.2) is 48.5 Å². The molecule has 0 unspecified atom stereocenters. The molecule has 1 amide bonds. The standard InChI is InChI=1S/C20H17ClN2O3S/c1-27(25,26)23-14-8-9-17(21)16(11-14)20(24)22-18-10-7-13-6-5-12-3-2-4-15(18)19(12)13/h2-4,7-11,23H,5-6H2,1H3,(H,22,24). The molecule has 3 aromatic carbocycles. The minimum Gasteiger partial charge on any atom is -0.321 e. The largest absolute Gasteiger partial charge is 0.321 e. The predicted octanol–water partition coefficient (Wildman–Crippen LogP) is 4.22. The van der Waals surface area contributed by atoms with Crippen LogP contribution in [0, 0.1) is 0 Å². The van der Waals surface area contributed by atoms with Crippen molar-refractivity contribution in [1.29, 1.82) is 0 Å². The van der Waals surface area contributed by atoms with Crippen LogP contribution >= 0.6 is 11.6 Å². The molecule has 138 valence electrons. The lowest BCUT2D eigenvalue weighted by Crippen LogP contribution is -2.14. The highest BCUT2D eigenvalue weighted by atomic mass is 35.5. The minimum absolute atomic E-state index is 0.202. The van der Waals surface area contributed by atoms with Crippen molar-refractivity contribution in [2.45, 2.75) is 12.8 Å². The molecule has 2 N–H and O–H groups in total. The summed E-state index contributed by atoms with van der Waals surface area (Å²) in [6, 6.07) is 14.5. The Bertz CT molecular complexity index is 1180. The van der Waals surface area contributed by atoms with Crippen molar-refractivity contribution in [3.8, 4) is 0 Å². The minimum atomic E-state index is -3.45. The van der Waals surface area contributed by atoms with Gasteiger partial charge < -0.3 is 5.32 Å². The normalized spacial score (nSPS) is 13.0.